The van der Waals surface area contributed by atoms with Crippen LogP contribution < -0.4 is 15.5 Å². The lowest BCUT2D eigenvalue weighted by atomic mass is 9.93. The van der Waals surface area contributed by atoms with Crippen molar-refractivity contribution in [2.24, 2.45) is 5.41 Å². The van der Waals surface area contributed by atoms with Gasteiger partial charge in [-0.25, -0.2) is 0 Å². The van der Waals surface area contributed by atoms with Crippen LogP contribution >= 0.6 is 0 Å². The summed E-state index contributed by atoms with van der Waals surface area (Å²) in [4.78, 5) is 39.9. The third kappa shape index (κ3) is 6.09. The highest BCUT2D eigenvalue weighted by Crippen LogP contribution is 2.44. The molecule has 0 radical (unpaired) electrons. The number of ether oxygens (including phenoxy) is 2. The van der Waals surface area contributed by atoms with Crippen LogP contribution in [-0.4, -0.2) is 43.3 Å². The lowest BCUT2D eigenvalue weighted by molar-refractivity contribution is -0.229. The van der Waals surface area contributed by atoms with E-state index in [4.69, 9.17) is 9.47 Å². The molecule has 196 valence electrons. The summed E-state index contributed by atoms with van der Waals surface area (Å²) in [6.45, 7) is 11.0. The van der Waals surface area contributed by atoms with Gasteiger partial charge in [-0.3, -0.25) is 14.4 Å². The summed E-state index contributed by atoms with van der Waals surface area (Å²) in [6, 6.07) is 12.7. The minimum absolute atomic E-state index is 0.0466. The zero-order valence-electron chi connectivity index (χ0n) is 22.0. The van der Waals surface area contributed by atoms with Crippen LogP contribution in [0, 0.1) is 5.41 Å². The van der Waals surface area contributed by atoms with E-state index in [-0.39, 0.29) is 29.2 Å². The van der Waals surface area contributed by atoms with E-state index in [0.717, 1.165) is 16.8 Å². The zero-order chi connectivity index (χ0) is 26.7. The van der Waals surface area contributed by atoms with Crippen LogP contribution in [0.1, 0.15) is 62.0 Å². The van der Waals surface area contributed by atoms with Gasteiger partial charge >= 0.3 is 0 Å². The quantitative estimate of drug-likeness (QED) is 0.545. The molecular weight excluding hydrogens is 470 g/mol. The van der Waals surface area contributed by atoms with Gasteiger partial charge in [-0.1, -0.05) is 32.1 Å². The molecule has 4 rings (SSSR count). The minimum Gasteiger partial charge on any atom is -0.351 e. The van der Waals surface area contributed by atoms with E-state index in [2.05, 4.69) is 24.5 Å². The van der Waals surface area contributed by atoms with E-state index in [1.165, 1.54) is 6.08 Å². The first-order valence-corrected chi connectivity index (χ1v) is 12.6. The summed E-state index contributed by atoms with van der Waals surface area (Å²) in [5, 5.41) is 5.72. The molecule has 37 heavy (non-hydrogen) atoms. The van der Waals surface area contributed by atoms with Crippen molar-refractivity contribution in [1.82, 2.24) is 5.32 Å². The van der Waals surface area contributed by atoms with E-state index in [9.17, 15) is 14.4 Å². The Morgan fingerprint density at radius 2 is 1.78 bits per heavy atom. The van der Waals surface area contributed by atoms with Crippen LogP contribution in [0.5, 0.6) is 0 Å². The Hall–Kier alpha value is -3.49. The highest BCUT2D eigenvalue weighted by Gasteiger charge is 2.45. The Balaban J connectivity index is 1.61. The molecule has 2 aromatic rings. The SMILES string of the molecule is C/C=C/C(=O)Nc1ccc2c(c1)C(C1OCC(C)(C)CO1)C(=O)N2Cc1ccc(C(=O)NC(C)C)cc1. The molecule has 2 N–H and O–H groups in total. The normalized spacial score (nSPS) is 19.4. The highest BCUT2D eigenvalue weighted by molar-refractivity contribution is 6.06. The van der Waals surface area contributed by atoms with Gasteiger partial charge < -0.3 is 25.0 Å². The first kappa shape index (κ1) is 26.6. The first-order valence-electron chi connectivity index (χ1n) is 12.6. The lowest BCUT2D eigenvalue weighted by Gasteiger charge is -2.36. The second kappa shape index (κ2) is 10.9. The van der Waals surface area contributed by atoms with E-state index in [1.54, 1.807) is 36.1 Å². The van der Waals surface area contributed by atoms with Crippen LogP contribution in [0.2, 0.25) is 0 Å². The van der Waals surface area contributed by atoms with Crippen molar-refractivity contribution in [3.8, 4) is 0 Å². The maximum atomic E-state index is 13.8. The van der Waals surface area contributed by atoms with Crippen molar-refractivity contribution >= 4 is 29.1 Å². The Kier molecular flexibility index (Phi) is 7.80. The van der Waals surface area contributed by atoms with Crippen molar-refractivity contribution in [1.29, 1.82) is 0 Å². The smallest absolute Gasteiger partial charge is 0.251 e. The number of fused-ring (bicyclic) bond motifs is 1. The van der Waals surface area contributed by atoms with Gasteiger partial charge in [0.2, 0.25) is 11.8 Å². The summed E-state index contributed by atoms with van der Waals surface area (Å²) < 4.78 is 12.0. The number of allylic oxidation sites excluding steroid dienone is 1. The standard InChI is InChI=1S/C29H35N3O5/c1-6-7-24(33)31-21-12-13-23-22(14-21)25(28-36-16-29(4,5)17-37-28)27(35)32(23)15-19-8-10-20(11-9-19)26(34)30-18(2)3/h6-14,18,25,28H,15-17H2,1-5H3,(H,30,34)(H,31,33)/b7-6+. The summed E-state index contributed by atoms with van der Waals surface area (Å²) in [7, 11) is 0. The Morgan fingerprint density at radius 1 is 1.11 bits per heavy atom. The molecular formula is C29H35N3O5. The molecule has 0 bridgehead atoms. The number of rotatable bonds is 7. The summed E-state index contributed by atoms with van der Waals surface area (Å²) in [5.74, 6) is -1.15. The van der Waals surface area contributed by atoms with Crippen molar-refractivity contribution < 1.29 is 23.9 Å². The number of benzene rings is 2. The van der Waals surface area contributed by atoms with Gasteiger partial charge in [0.1, 0.15) is 5.92 Å². The molecule has 1 fully saturated rings. The average Bonchev–Trinajstić information content (AvgIpc) is 3.10. The molecule has 2 heterocycles. The molecule has 0 saturated carbocycles. The van der Waals surface area contributed by atoms with Crippen LogP contribution in [-0.2, 0) is 25.6 Å². The fraction of sp³-hybridized carbons (Fsp3) is 0.414. The molecule has 8 nitrogen and oxygen atoms in total. The molecule has 1 saturated heterocycles. The monoisotopic (exact) mass is 505 g/mol. The number of hydrogen-bond acceptors (Lipinski definition) is 5. The Bertz CT molecular complexity index is 1190. The molecule has 0 aliphatic carbocycles. The lowest BCUT2D eigenvalue weighted by Crippen LogP contribution is -2.43. The van der Waals surface area contributed by atoms with Crippen molar-refractivity contribution in [3.63, 3.8) is 0 Å². The highest BCUT2D eigenvalue weighted by atomic mass is 16.7. The van der Waals surface area contributed by atoms with E-state index in [1.807, 2.05) is 38.1 Å². The third-order valence-electron chi connectivity index (χ3n) is 6.30. The zero-order valence-corrected chi connectivity index (χ0v) is 22.0. The average molecular weight is 506 g/mol. The van der Waals surface area contributed by atoms with Gasteiger partial charge in [-0.05, 0) is 68.3 Å². The number of hydrogen-bond donors (Lipinski definition) is 2. The van der Waals surface area contributed by atoms with E-state index in [0.29, 0.717) is 31.0 Å². The number of carbonyl (C=O) groups is 3. The largest absolute Gasteiger partial charge is 0.351 e. The van der Waals surface area contributed by atoms with Crippen LogP contribution in [0.15, 0.2) is 54.6 Å². The Morgan fingerprint density at radius 3 is 2.41 bits per heavy atom. The number of amides is 3. The van der Waals surface area contributed by atoms with Crippen LogP contribution in [0.3, 0.4) is 0 Å². The topological polar surface area (TPSA) is 97.0 Å². The Labute approximate surface area is 218 Å². The van der Waals surface area contributed by atoms with Gasteiger partial charge in [-0.2, -0.15) is 0 Å². The minimum atomic E-state index is -0.715. The summed E-state index contributed by atoms with van der Waals surface area (Å²) >= 11 is 0. The maximum absolute atomic E-state index is 13.8. The predicted molar refractivity (Wildman–Crippen MR) is 142 cm³/mol. The first-order chi connectivity index (χ1) is 17.6. The molecule has 2 aromatic carbocycles. The molecule has 2 aliphatic heterocycles. The second-order valence-electron chi connectivity index (χ2n) is 10.6. The van der Waals surface area contributed by atoms with Crippen LogP contribution in [0.4, 0.5) is 11.4 Å². The maximum Gasteiger partial charge on any atom is 0.251 e. The fourth-order valence-corrected chi connectivity index (χ4v) is 4.50. The van der Waals surface area contributed by atoms with Crippen molar-refractivity contribution in [2.75, 3.05) is 23.4 Å². The number of carbonyl (C=O) groups excluding carboxylic acids is 3. The van der Waals surface area contributed by atoms with Gasteiger partial charge in [0.15, 0.2) is 6.29 Å². The second-order valence-corrected chi connectivity index (χ2v) is 10.6. The molecule has 0 aromatic heterocycles. The third-order valence-corrected chi connectivity index (χ3v) is 6.30. The predicted octanol–water partition coefficient (Wildman–Crippen LogP) is 4.37. The van der Waals surface area contributed by atoms with Gasteiger partial charge in [0.25, 0.3) is 5.91 Å². The van der Waals surface area contributed by atoms with E-state index >= 15 is 0 Å². The van der Waals surface area contributed by atoms with Gasteiger partial charge in [0.05, 0.1) is 19.8 Å². The molecule has 0 spiro atoms. The number of nitrogens with zero attached hydrogens (tertiary/aromatic N) is 1. The van der Waals surface area contributed by atoms with E-state index < -0.39 is 12.2 Å². The van der Waals surface area contributed by atoms with Crippen LogP contribution in [0.25, 0.3) is 0 Å². The van der Waals surface area contributed by atoms with Crippen molar-refractivity contribution in [3.05, 3.63) is 71.3 Å². The molecule has 3 amide bonds. The number of nitrogens with one attached hydrogen (secondary N) is 2. The van der Waals surface area contributed by atoms with Gasteiger partial charge in [0, 0.05) is 28.4 Å². The number of anilines is 2. The molecule has 2 aliphatic rings. The summed E-state index contributed by atoms with van der Waals surface area (Å²) in [5.41, 5.74) is 3.42. The fourth-order valence-electron chi connectivity index (χ4n) is 4.50. The summed E-state index contributed by atoms with van der Waals surface area (Å²) in [6.07, 6.45) is 2.40. The van der Waals surface area contributed by atoms with Gasteiger partial charge in [-0.15, -0.1) is 0 Å². The molecule has 1 unspecified atom stereocenters. The molecule has 8 heteroatoms. The van der Waals surface area contributed by atoms with Crippen molar-refractivity contribution in [2.45, 2.75) is 59.4 Å². The molecule has 1 atom stereocenters.